The SMILES string of the molecule is CCCn1nncc1C(Cc1ccc(Cl)cc1)NC. The second-order valence-electron chi connectivity index (χ2n) is 4.55. The van der Waals surface area contributed by atoms with E-state index in [-0.39, 0.29) is 6.04 Å². The summed E-state index contributed by atoms with van der Waals surface area (Å²) in [5, 5.41) is 12.3. The predicted molar refractivity (Wildman–Crippen MR) is 77.3 cm³/mol. The molecule has 5 heteroatoms. The van der Waals surface area contributed by atoms with Gasteiger partial charge in [0.1, 0.15) is 0 Å². The lowest BCUT2D eigenvalue weighted by Crippen LogP contribution is -2.22. The second kappa shape index (κ2) is 6.68. The highest BCUT2D eigenvalue weighted by atomic mass is 35.5. The van der Waals surface area contributed by atoms with Crippen LogP contribution in [-0.4, -0.2) is 22.0 Å². The minimum atomic E-state index is 0.211. The van der Waals surface area contributed by atoms with Gasteiger partial charge in [-0.25, -0.2) is 4.68 Å². The van der Waals surface area contributed by atoms with E-state index in [9.17, 15) is 0 Å². The van der Waals surface area contributed by atoms with Crippen LogP contribution in [0, 0.1) is 0 Å². The van der Waals surface area contributed by atoms with E-state index in [0.717, 1.165) is 30.1 Å². The number of aromatic nitrogens is 3. The van der Waals surface area contributed by atoms with Crippen molar-refractivity contribution in [2.75, 3.05) is 7.05 Å². The Kier molecular flexibility index (Phi) is 4.93. The molecule has 1 N–H and O–H groups in total. The maximum absolute atomic E-state index is 5.91. The number of rotatable bonds is 6. The van der Waals surface area contributed by atoms with Crippen molar-refractivity contribution >= 4 is 11.6 Å². The molecule has 102 valence electrons. The standard InChI is InChI=1S/C14H19ClN4/c1-3-8-19-14(10-17-18-19)13(16-2)9-11-4-6-12(15)7-5-11/h4-7,10,13,16H,3,8-9H2,1-2H3. The highest BCUT2D eigenvalue weighted by Gasteiger charge is 2.15. The Morgan fingerprint density at radius 2 is 2.05 bits per heavy atom. The van der Waals surface area contributed by atoms with E-state index in [0.29, 0.717) is 0 Å². The van der Waals surface area contributed by atoms with Crippen molar-refractivity contribution in [3.63, 3.8) is 0 Å². The number of benzene rings is 1. The smallest absolute Gasteiger partial charge is 0.0759 e. The van der Waals surface area contributed by atoms with Gasteiger partial charge < -0.3 is 5.32 Å². The van der Waals surface area contributed by atoms with E-state index in [1.165, 1.54) is 5.56 Å². The number of nitrogens with one attached hydrogen (secondary N) is 1. The van der Waals surface area contributed by atoms with Crippen molar-refractivity contribution in [3.05, 3.63) is 46.7 Å². The summed E-state index contributed by atoms with van der Waals surface area (Å²) < 4.78 is 1.97. The van der Waals surface area contributed by atoms with Gasteiger partial charge in [0.15, 0.2) is 0 Å². The van der Waals surface area contributed by atoms with Crippen molar-refractivity contribution in [2.24, 2.45) is 0 Å². The van der Waals surface area contributed by atoms with Crippen LogP contribution >= 0.6 is 11.6 Å². The van der Waals surface area contributed by atoms with Gasteiger partial charge in [0, 0.05) is 11.6 Å². The van der Waals surface area contributed by atoms with Crippen molar-refractivity contribution in [1.82, 2.24) is 20.3 Å². The van der Waals surface area contributed by atoms with E-state index in [1.807, 2.05) is 30.1 Å². The Labute approximate surface area is 118 Å². The molecule has 0 amide bonds. The maximum Gasteiger partial charge on any atom is 0.0759 e. The fourth-order valence-electron chi connectivity index (χ4n) is 2.13. The first-order valence-corrected chi connectivity index (χ1v) is 6.92. The second-order valence-corrected chi connectivity index (χ2v) is 4.99. The van der Waals surface area contributed by atoms with Gasteiger partial charge in [-0.15, -0.1) is 5.10 Å². The van der Waals surface area contributed by atoms with Gasteiger partial charge in [0.25, 0.3) is 0 Å². The summed E-state index contributed by atoms with van der Waals surface area (Å²) in [5.41, 5.74) is 2.37. The molecule has 0 spiro atoms. The number of halogens is 1. The molecule has 0 saturated carbocycles. The first kappa shape index (κ1) is 14.0. The third-order valence-corrected chi connectivity index (χ3v) is 3.39. The van der Waals surface area contributed by atoms with Crippen LogP contribution in [0.2, 0.25) is 5.02 Å². The zero-order valence-electron chi connectivity index (χ0n) is 11.3. The summed E-state index contributed by atoms with van der Waals surface area (Å²) >= 11 is 5.91. The summed E-state index contributed by atoms with van der Waals surface area (Å²) in [5.74, 6) is 0. The van der Waals surface area contributed by atoms with E-state index in [4.69, 9.17) is 11.6 Å². The highest BCUT2D eigenvalue weighted by molar-refractivity contribution is 6.30. The summed E-state index contributed by atoms with van der Waals surface area (Å²) in [7, 11) is 1.96. The van der Waals surface area contributed by atoms with E-state index in [2.05, 4.69) is 34.7 Å². The molecule has 2 rings (SSSR count). The molecule has 2 aromatic rings. The van der Waals surface area contributed by atoms with Crippen molar-refractivity contribution < 1.29 is 0 Å². The number of hydrogen-bond acceptors (Lipinski definition) is 3. The fraction of sp³-hybridized carbons (Fsp3) is 0.429. The summed E-state index contributed by atoms with van der Waals surface area (Å²) in [6, 6.07) is 8.17. The molecule has 1 aromatic carbocycles. The van der Waals surface area contributed by atoms with Crippen LogP contribution in [0.5, 0.6) is 0 Å². The van der Waals surface area contributed by atoms with Crippen LogP contribution in [0.1, 0.15) is 30.6 Å². The molecule has 0 aliphatic heterocycles. The molecule has 0 bridgehead atoms. The molecule has 0 saturated heterocycles. The predicted octanol–water partition coefficient (Wildman–Crippen LogP) is 2.84. The molecule has 19 heavy (non-hydrogen) atoms. The third kappa shape index (κ3) is 3.55. The van der Waals surface area contributed by atoms with Gasteiger partial charge in [0.2, 0.25) is 0 Å². The van der Waals surface area contributed by atoms with E-state index < -0.39 is 0 Å². The minimum Gasteiger partial charge on any atom is -0.311 e. The molecule has 1 heterocycles. The zero-order chi connectivity index (χ0) is 13.7. The molecule has 0 aliphatic carbocycles. The Bertz CT molecular complexity index is 506. The van der Waals surface area contributed by atoms with E-state index >= 15 is 0 Å². The summed E-state index contributed by atoms with van der Waals surface area (Å²) in [6.45, 7) is 3.03. The largest absolute Gasteiger partial charge is 0.311 e. The van der Waals surface area contributed by atoms with Crippen LogP contribution in [0.4, 0.5) is 0 Å². The molecular weight excluding hydrogens is 260 g/mol. The summed E-state index contributed by atoms with van der Waals surface area (Å²) in [6.07, 6.45) is 3.78. The Hall–Kier alpha value is -1.39. The Morgan fingerprint density at radius 1 is 1.32 bits per heavy atom. The first-order valence-electron chi connectivity index (χ1n) is 6.54. The van der Waals surface area contributed by atoms with Crippen LogP contribution in [-0.2, 0) is 13.0 Å². The van der Waals surface area contributed by atoms with E-state index in [1.54, 1.807) is 0 Å². The van der Waals surface area contributed by atoms with Crippen LogP contribution in [0.15, 0.2) is 30.5 Å². The highest BCUT2D eigenvalue weighted by Crippen LogP contribution is 2.19. The van der Waals surface area contributed by atoms with Crippen molar-refractivity contribution in [2.45, 2.75) is 32.4 Å². The maximum atomic E-state index is 5.91. The van der Waals surface area contributed by atoms with Crippen LogP contribution in [0.25, 0.3) is 0 Å². The Morgan fingerprint density at radius 3 is 2.68 bits per heavy atom. The average Bonchev–Trinajstić information content (AvgIpc) is 2.87. The molecular formula is C14H19ClN4. The number of likely N-dealkylation sites (N-methyl/N-ethyl adjacent to an activating group) is 1. The van der Waals surface area contributed by atoms with Gasteiger partial charge in [-0.1, -0.05) is 35.9 Å². The zero-order valence-corrected chi connectivity index (χ0v) is 12.1. The monoisotopic (exact) mass is 278 g/mol. The fourth-order valence-corrected chi connectivity index (χ4v) is 2.26. The van der Waals surface area contributed by atoms with Gasteiger partial charge in [-0.2, -0.15) is 0 Å². The lowest BCUT2D eigenvalue weighted by atomic mass is 10.0. The van der Waals surface area contributed by atoms with Gasteiger partial charge in [-0.3, -0.25) is 0 Å². The van der Waals surface area contributed by atoms with Gasteiger partial charge >= 0.3 is 0 Å². The topological polar surface area (TPSA) is 42.7 Å². The minimum absolute atomic E-state index is 0.211. The van der Waals surface area contributed by atoms with Gasteiger partial charge in [-0.05, 0) is 37.6 Å². The number of aryl methyl sites for hydroxylation is 1. The van der Waals surface area contributed by atoms with Crippen molar-refractivity contribution in [3.8, 4) is 0 Å². The molecule has 1 atom stereocenters. The first-order chi connectivity index (χ1) is 9.24. The Balaban J connectivity index is 2.15. The molecule has 1 aromatic heterocycles. The summed E-state index contributed by atoms with van der Waals surface area (Å²) in [4.78, 5) is 0. The number of nitrogens with zero attached hydrogens (tertiary/aromatic N) is 3. The average molecular weight is 279 g/mol. The third-order valence-electron chi connectivity index (χ3n) is 3.14. The van der Waals surface area contributed by atoms with Crippen molar-refractivity contribution in [1.29, 1.82) is 0 Å². The van der Waals surface area contributed by atoms with Gasteiger partial charge in [0.05, 0.1) is 17.9 Å². The molecule has 1 unspecified atom stereocenters. The van der Waals surface area contributed by atoms with Crippen LogP contribution < -0.4 is 5.32 Å². The lowest BCUT2D eigenvalue weighted by molar-refractivity contribution is 0.490. The molecule has 0 fully saturated rings. The molecule has 0 aliphatic rings. The normalized spacial score (nSPS) is 12.6. The molecule has 0 radical (unpaired) electrons. The number of hydrogen-bond donors (Lipinski definition) is 1. The quantitative estimate of drug-likeness (QED) is 0.884. The lowest BCUT2D eigenvalue weighted by Gasteiger charge is -2.17. The molecule has 4 nitrogen and oxygen atoms in total. The van der Waals surface area contributed by atoms with Crippen LogP contribution in [0.3, 0.4) is 0 Å².